The average molecular weight is 246 g/mol. The summed E-state index contributed by atoms with van der Waals surface area (Å²) < 4.78 is 5.46. The molecule has 0 aliphatic carbocycles. The van der Waals surface area contributed by atoms with Gasteiger partial charge >= 0.3 is 0 Å². The van der Waals surface area contributed by atoms with Crippen molar-refractivity contribution in [2.75, 3.05) is 5.43 Å². The van der Waals surface area contributed by atoms with E-state index in [2.05, 4.69) is 0 Å². The van der Waals surface area contributed by atoms with Crippen molar-refractivity contribution in [1.29, 1.82) is 0 Å². The number of aromatic hydroxyl groups is 1. The van der Waals surface area contributed by atoms with Crippen molar-refractivity contribution in [2.45, 2.75) is 0 Å². The van der Waals surface area contributed by atoms with Crippen LogP contribution in [0.5, 0.6) is 17.2 Å². The first-order chi connectivity index (χ1) is 8.66. The Labute approximate surface area is 103 Å². The summed E-state index contributed by atoms with van der Waals surface area (Å²) in [4.78, 5) is 10.5. The molecule has 0 aromatic heterocycles. The van der Waals surface area contributed by atoms with Gasteiger partial charge in [-0.2, -0.15) is 0 Å². The summed E-state index contributed by atoms with van der Waals surface area (Å²) in [6.07, 6.45) is 0. The number of anilines is 1. The molecule has 0 heterocycles. The lowest BCUT2D eigenvalue weighted by Crippen LogP contribution is -2.08. The van der Waals surface area contributed by atoms with E-state index in [0.29, 0.717) is 5.75 Å². The van der Waals surface area contributed by atoms with Crippen LogP contribution in [0, 0.1) is 10.1 Å². The first-order valence-electron chi connectivity index (χ1n) is 5.13. The Balaban J connectivity index is 2.32. The summed E-state index contributed by atoms with van der Waals surface area (Å²) >= 11 is 0. The molecule has 0 saturated heterocycles. The fraction of sp³-hybridized carbons (Fsp3) is 0. The molecule has 0 bridgehead atoms. The number of nitrogens with zero attached hydrogens (tertiary/aromatic N) is 1. The molecule has 92 valence electrons. The number of nitrogens with one attached hydrogen (secondary N) is 1. The monoisotopic (exact) mass is 246 g/mol. The summed E-state index contributed by atoms with van der Waals surface area (Å²) in [6.45, 7) is 0. The quantitative estimate of drug-likeness (QED) is 0.492. The lowest BCUT2D eigenvalue weighted by atomic mass is 10.2. The van der Waals surface area contributed by atoms with E-state index in [4.69, 9.17) is 4.74 Å². The number of para-hydroxylation sites is 2. The van der Waals surface area contributed by atoms with Gasteiger partial charge in [-0.05, 0) is 24.3 Å². The second kappa shape index (κ2) is 5.05. The molecule has 0 spiro atoms. The molecule has 2 aromatic carbocycles. The maximum atomic E-state index is 10.5. The molecule has 2 rings (SSSR count). The SMILES string of the molecule is O=[N+]([O-])Nc1c(O)cccc1Oc1ccccc1. The van der Waals surface area contributed by atoms with E-state index in [9.17, 15) is 15.2 Å². The van der Waals surface area contributed by atoms with Crippen LogP contribution in [0.1, 0.15) is 0 Å². The summed E-state index contributed by atoms with van der Waals surface area (Å²) in [5.41, 5.74) is 1.83. The molecule has 2 N–H and O–H groups in total. The molecule has 6 nitrogen and oxygen atoms in total. The van der Waals surface area contributed by atoms with Crippen molar-refractivity contribution in [1.82, 2.24) is 0 Å². The number of nitro groups is 1. The highest BCUT2D eigenvalue weighted by molar-refractivity contribution is 5.64. The molecule has 0 fully saturated rings. The van der Waals surface area contributed by atoms with Crippen molar-refractivity contribution in [3.05, 3.63) is 58.6 Å². The third kappa shape index (κ3) is 2.67. The highest BCUT2D eigenvalue weighted by atomic mass is 16.7. The first kappa shape index (κ1) is 11.7. The van der Waals surface area contributed by atoms with Gasteiger partial charge in [0, 0.05) is 0 Å². The fourth-order valence-corrected chi connectivity index (χ4v) is 1.42. The summed E-state index contributed by atoms with van der Waals surface area (Å²) in [5.74, 6) is 0.451. The fourth-order valence-electron chi connectivity index (χ4n) is 1.42. The van der Waals surface area contributed by atoms with Crippen molar-refractivity contribution in [3.8, 4) is 17.2 Å². The van der Waals surface area contributed by atoms with Crippen LogP contribution in [0.15, 0.2) is 48.5 Å². The smallest absolute Gasteiger partial charge is 0.186 e. The van der Waals surface area contributed by atoms with E-state index in [1.807, 2.05) is 11.5 Å². The van der Waals surface area contributed by atoms with Crippen LogP contribution >= 0.6 is 0 Å². The molecule has 0 amide bonds. The average Bonchev–Trinajstić information content (AvgIpc) is 2.34. The van der Waals surface area contributed by atoms with Crippen molar-refractivity contribution >= 4 is 5.69 Å². The Morgan fingerprint density at radius 1 is 1.11 bits per heavy atom. The zero-order chi connectivity index (χ0) is 13.0. The van der Waals surface area contributed by atoms with E-state index >= 15 is 0 Å². The van der Waals surface area contributed by atoms with E-state index in [0.717, 1.165) is 0 Å². The Morgan fingerprint density at radius 2 is 1.83 bits per heavy atom. The number of hydrogen-bond donors (Lipinski definition) is 2. The molecule has 2 aromatic rings. The van der Waals surface area contributed by atoms with E-state index in [1.54, 1.807) is 30.3 Å². The van der Waals surface area contributed by atoms with Crippen LogP contribution in [0.2, 0.25) is 0 Å². The van der Waals surface area contributed by atoms with Gasteiger partial charge in [-0.25, -0.2) is 10.1 Å². The molecule has 18 heavy (non-hydrogen) atoms. The predicted octanol–water partition coefficient (Wildman–Crippen LogP) is 2.79. The van der Waals surface area contributed by atoms with E-state index in [1.165, 1.54) is 12.1 Å². The maximum absolute atomic E-state index is 10.5. The molecule has 0 aliphatic rings. The predicted molar refractivity (Wildman–Crippen MR) is 65.2 cm³/mol. The van der Waals surface area contributed by atoms with Gasteiger partial charge in [-0.1, -0.05) is 24.3 Å². The summed E-state index contributed by atoms with van der Waals surface area (Å²) in [5, 5.41) is 19.3. The molecular formula is C12H10N2O4. The molecule has 0 atom stereocenters. The van der Waals surface area contributed by atoms with Crippen LogP contribution in [0.25, 0.3) is 0 Å². The normalized spacial score (nSPS) is 9.78. The van der Waals surface area contributed by atoms with Gasteiger partial charge in [0.25, 0.3) is 0 Å². The number of rotatable bonds is 4. The highest BCUT2D eigenvalue weighted by Crippen LogP contribution is 2.36. The van der Waals surface area contributed by atoms with Gasteiger partial charge in [-0.3, -0.25) is 0 Å². The number of ether oxygens (including phenoxy) is 1. The van der Waals surface area contributed by atoms with Gasteiger partial charge in [0.05, 0.1) is 0 Å². The number of hydrogen-bond acceptors (Lipinski definition) is 4. The van der Waals surface area contributed by atoms with Crippen LogP contribution < -0.4 is 10.2 Å². The number of phenols is 1. The van der Waals surface area contributed by atoms with Gasteiger partial charge in [0.1, 0.15) is 11.5 Å². The highest BCUT2D eigenvalue weighted by Gasteiger charge is 2.14. The Morgan fingerprint density at radius 3 is 2.50 bits per heavy atom. The minimum atomic E-state index is -0.757. The van der Waals surface area contributed by atoms with Gasteiger partial charge in [0.2, 0.25) is 0 Å². The lowest BCUT2D eigenvalue weighted by molar-refractivity contribution is -0.445. The zero-order valence-electron chi connectivity index (χ0n) is 9.24. The van der Waals surface area contributed by atoms with Crippen molar-refractivity contribution in [2.24, 2.45) is 0 Å². The summed E-state index contributed by atoms with van der Waals surface area (Å²) in [6, 6.07) is 13.2. The number of benzene rings is 2. The third-order valence-electron chi connectivity index (χ3n) is 2.18. The first-order valence-corrected chi connectivity index (χ1v) is 5.13. The maximum Gasteiger partial charge on any atom is 0.186 e. The molecule has 0 saturated carbocycles. The third-order valence-corrected chi connectivity index (χ3v) is 2.18. The largest absolute Gasteiger partial charge is 0.505 e. The number of hydrazine groups is 1. The Bertz CT molecular complexity index is 557. The molecule has 6 heteroatoms. The van der Waals surface area contributed by atoms with Gasteiger partial charge in [0.15, 0.2) is 16.5 Å². The molecule has 0 radical (unpaired) electrons. The molecule has 0 aliphatic heterocycles. The van der Waals surface area contributed by atoms with Crippen LogP contribution in [-0.4, -0.2) is 10.1 Å². The van der Waals surface area contributed by atoms with Crippen molar-refractivity contribution in [3.63, 3.8) is 0 Å². The van der Waals surface area contributed by atoms with E-state index in [-0.39, 0.29) is 17.2 Å². The number of phenolic OH excluding ortho intramolecular Hbond substituents is 1. The van der Waals surface area contributed by atoms with Gasteiger partial charge < -0.3 is 9.84 Å². The second-order valence-electron chi connectivity index (χ2n) is 3.43. The molecule has 0 unspecified atom stereocenters. The molecular weight excluding hydrogens is 236 g/mol. The van der Waals surface area contributed by atoms with Crippen LogP contribution in [0.4, 0.5) is 5.69 Å². The zero-order valence-corrected chi connectivity index (χ0v) is 9.24. The lowest BCUT2D eigenvalue weighted by Gasteiger charge is -2.09. The topological polar surface area (TPSA) is 84.6 Å². The van der Waals surface area contributed by atoms with Gasteiger partial charge in [-0.15, -0.1) is 5.43 Å². The Kier molecular flexibility index (Phi) is 3.29. The minimum absolute atomic E-state index is 0.0775. The van der Waals surface area contributed by atoms with Crippen LogP contribution in [-0.2, 0) is 0 Å². The standard InChI is InChI=1S/C12H10N2O4/c15-10-7-4-8-11(12(10)13-14(16)17)18-9-5-2-1-3-6-9/h1-8,13,15H. The second-order valence-corrected chi connectivity index (χ2v) is 3.43. The minimum Gasteiger partial charge on any atom is -0.505 e. The van der Waals surface area contributed by atoms with Crippen molar-refractivity contribution < 1.29 is 14.9 Å². The summed E-state index contributed by atoms with van der Waals surface area (Å²) in [7, 11) is 0. The Hall–Kier alpha value is -2.76. The van der Waals surface area contributed by atoms with E-state index < -0.39 is 5.03 Å². The van der Waals surface area contributed by atoms with Crippen LogP contribution in [0.3, 0.4) is 0 Å².